The molecule has 0 radical (unpaired) electrons. The molecule has 0 saturated heterocycles. The van der Waals surface area contributed by atoms with Crippen LogP contribution >= 0.6 is 43.2 Å². The third-order valence-electron chi connectivity index (χ3n) is 3.05. The Morgan fingerprint density at radius 1 is 1.25 bits per heavy atom. The summed E-state index contributed by atoms with van der Waals surface area (Å²) < 4.78 is 8.11. The monoisotopic (exact) mass is 417 g/mol. The molecule has 5 heteroatoms. The molecule has 1 aromatic heterocycles. The van der Waals surface area contributed by atoms with Crippen LogP contribution in [0.4, 0.5) is 0 Å². The summed E-state index contributed by atoms with van der Waals surface area (Å²) >= 11 is 8.72. The van der Waals surface area contributed by atoms with E-state index in [1.807, 2.05) is 18.2 Å². The molecule has 2 unspecified atom stereocenters. The fourth-order valence-electron chi connectivity index (χ4n) is 1.88. The van der Waals surface area contributed by atoms with Crippen LogP contribution in [0.2, 0.25) is 0 Å². The van der Waals surface area contributed by atoms with Gasteiger partial charge in [-0.15, -0.1) is 11.3 Å². The van der Waals surface area contributed by atoms with Gasteiger partial charge in [-0.2, -0.15) is 0 Å². The quantitative estimate of drug-likeness (QED) is 0.701. The summed E-state index contributed by atoms with van der Waals surface area (Å²) in [5.41, 5.74) is 6.24. The van der Waals surface area contributed by atoms with Gasteiger partial charge < -0.3 is 10.5 Å². The van der Waals surface area contributed by atoms with Crippen LogP contribution < -0.4 is 10.5 Å². The van der Waals surface area contributed by atoms with Crippen LogP contribution in [-0.2, 0) is 0 Å². The molecule has 2 aromatic rings. The van der Waals surface area contributed by atoms with E-state index in [1.165, 1.54) is 9.75 Å². The van der Waals surface area contributed by atoms with Crippen LogP contribution in [0, 0.1) is 6.92 Å². The summed E-state index contributed by atoms with van der Waals surface area (Å²) in [6, 6.07) is 10.1. The molecule has 1 heterocycles. The van der Waals surface area contributed by atoms with E-state index >= 15 is 0 Å². The lowest BCUT2D eigenvalue weighted by Crippen LogP contribution is -2.31. The zero-order valence-corrected chi connectivity index (χ0v) is 15.4. The Bertz CT molecular complexity index is 585. The lowest BCUT2D eigenvalue weighted by molar-refractivity contribution is 0.173. The number of benzene rings is 1. The molecule has 0 aliphatic rings. The van der Waals surface area contributed by atoms with Crippen molar-refractivity contribution in [1.82, 2.24) is 0 Å². The fraction of sp³-hybridized carbons (Fsp3) is 0.333. The van der Waals surface area contributed by atoms with Gasteiger partial charge in [-0.1, -0.05) is 22.9 Å². The second-order valence-electron chi connectivity index (χ2n) is 4.63. The van der Waals surface area contributed by atoms with E-state index in [4.69, 9.17) is 10.5 Å². The molecule has 0 aliphatic heterocycles. The summed E-state index contributed by atoms with van der Waals surface area (Å²) in [6.07, 6.45) is 0.756. The van der Waals surface area contributed by atoms with Gasteiger partial charge in [0.2, 0.25) is 0 Å². The molecular weight excluding hydrogens is 402 g/mol. The van der Waals surface area contributed by atoms with Crippen LogP contribution in [0.25, 0.3) is 0 Å². The number of thiophene rings is 1. The average Bonchev–Trinajstić information content (AvgIpc) is 2.83. The van der Waals surface area contributed by atoms with Crippen molar-refractivity contribution >= 4 is 43.2 Å². The first-order chi connectivity index (χ1) is 9.51. The van der Waals surface area contributed by atoms with Gasteiger partial charge in [0, 0.05) is 20.3 Å². The second kappa shape index (κ2) is 7.07. The Balaban J connectivity index is 2.28. The van der Waals surface area contributed by atoms with E-state index in [0.717, 1.165) is 21.1 Å². The molecule has 0 spiro atoms. The minimum atomic E-state index is -0.115. The van der Waals surface area contributed by atoms with E-state index in [9.17, 15) is 0 Å². The Kier molecular flexibility index (Phi) is 5.66. The number of hydrogen-bond donors (Lipinski definition) is 1. The first kappa shape index (κ1) is 16.0. The molecule has 0 bridgehead atoms. The summed E-state index contributed by atoms with van der Waals surface area (Å²) in [5, 5.41) is 0. The maximum Gasteiger partial charge on any atom is 0.148 e. The standard InChI is InChI=1S/C15H17Br2NOS/c1-3-12(18)15(14-7-4-9(2)20-14)19-13-6-5-10(16)8-11(13)17/h4-8,12,15H,3,18H2,1-2H3. The van der Waals surface area contributed by atoms with Crippen molar-refractivity contribution in [2.24, 2.45) is 5.73 Å². The highest BCUT2D eigenvalue weighted by atomic mass is 79.9. The molecule has 2 N–H and O–H groups in total. The third kappa shape index (κ3) is 3.85. The molecule has 0 saturated carbocycles. The van der Waals surface area contributed by atoms with E-state index in [2.05, 4.69) is 57.8 Å². The number of ether oxygens (including phenoxy) is 1. The molecule has 1 aromatic carbocycles. The predicted octanol–water partition coefficient (Wildman–Crippen LogP) is 5.44. The van der Waals surface area contributed by atoms with Gasteiger partial charge >= 0.3 is 0 Å². The average molecular weight is 419 g/mol. The van der Waals surface area contributed by atoms with Gasteiger partial charge in [-0.05, 0) is 59.6 Å². The maximum absolute atomic E-state index is 6.24. The highest BCUT2D eigenvalue weighted by Gasteiger charge is 2.23. The molecule has 20 heavy (non-hydrogen) atoms. The molecule has 2 atom stereocenters. The maximum atomic E-state index is 6.24. The van der Waals surface area contributed by atoms with Crippen molar-refractivity contribution < 1.29 is 4.74 Å². The Labute approximate surface area is 140 Å². The van der Waals surface area contributed by atoms with Gasteiger partial charge in [0.1, 0.15) is 11.9 Å². The zero-order chi connectivity index (χ0) is 14.7. The topological polar surface area (TPSA) is 35.2 Å². The van der Waals surface area contributed by atoms with Gasteiger partial charge in [0.05, 0.1) is 4.47 Å². The summed E-state index contributed by atoms with van der Waals surface area (Å²) in [4.78, 5) is 2.44. The number of aryl methyl sites for hydroxylation is 1. The smallest absolute Gasteiger partial charge is 0.148 e. The van der Waals surface area contributed by atoms with Crippen LogP contribution in [0.5, 0.6) is 5.75 Å². The van der Waals surface area contributed by atoms with Gasteiger partial charge in [0.25, 0.3) is 0 Å². The lowest BCUT2D eigenvalue weighted by Gasteiger charge is -2.24. The van der Waals surface area contributed by atoms with Crippen molar-refractivity contribution in [3.05, 3.63) is 49.0 Å². The summed E-state index contributed by atoms with van der Waals surface area (Å²) in [5.74, 6) is 0.813. The molecule has 0 aliphatic carbocycles. The van der Waals surface area contributed by atoms with E-state index < -0.39 is 0 Å². The van der Waals surface area contributed by atoms with Crippen LogP contribution in [0.1, 0.15) is 29.2 Å². The van der Waals surface area contributed by atoms with Gasteiger partial charge in [-0.25, -0.2) is 0 Å². The minimum absolute atomic E-state index is 0.0244. The van der Waals surface area contributed by atoms with E-state index in [0.29, 0.717) is 0 Å². The molecule has 0 fully saturated rings. The largest absolute Gasteiger partial charge is 0.482 e. The van der Waals surface area contributed by atoms with Crippen LogP contribution in [0.15, 0.2) is 39.3 Å². The van der Waals surface area contributed by atoms with Crippen molar-refractivity contribution in [3.8, 4) is 5.75 Å². The minimum Gasteiger partial charge on any atom is -0.482 e. The Morgan fingerprint density at radius 2 is 2.00 bits per heavy atom. The molecule has 108 valence electrons. The van der Waals surface area contributed by atoms with Gasteiger partial charge in [0.15, 0.2) is 0 Å². The Hall–Kier alpha value is -0.360. The SMILES string of the molecule is CCC(N)C(Oc1ccc(Br)cc1Br)c1ccc(C)s1. The number of rotatable bonds is 5. The normalized spacial score (nSPS) is 14.1. The van der Waals surface area contributed by atoms with Crippen molar-refractivity contribution in [2.75, 3.05) is 0 Å². The van der Waals surface area contributed by atoms with Crippen molar-refractivity contribution in [3.63, 3.8) is 0 Å². The first-order valence-electron chi connectivity index (χ1n) is 6.45. The second-order valence-corrected chi connectivity index (χ2v) is 7.72. The van der Waals surface area contributed by atoms with Crippen molar-refractivity contribution in [2.45, 2.75) is 32.4 Å². The van der Waals surface area contributed by atoms with Crippen molar-refractivity contribution in [1.29, 1.82) is 0 Å². The summed E-state index contributed by atoms with van der Waals surface area (Å²) in [6.45, 7) is 4.18. The predicted molar refractivity (Wildman–Crippen MR) is 92.5 cm³/mol. The molecular formula is C15H17Br2NOS. The molecule has 0 amide bonds. The van der Waals surface area contributed by atoms with E-state index in [1.54, 1.807) is 11.3 Å². The highest BCUT2D eigenvalue weighted by molar-refractivity contribution is 9.11. The van der Waals surface area contributed by atoms with Crippen LogP contribution in [0.3, 0.4) is 0 Å². The first-order valence-corrected chi connectivity index (χ1v) is 8.85. The Morgan fingerprint density at radius 3 is 2.55 bits per heavy atom. The summed E-state index contributed by atoms with van der Waals surface area (Å²) in [7, 11) is 0. The lowest BCUT2D eigenvalue weighted by atomic mass is 10.1. The van der Waals surface area contributed by atoms with Gasteiger partial charge in [-0.3, -0.25) is 0 Å². The third-order valence-corrected chi connectivity index (χ3v) is 5.22. The zero-order valence-electron chi connectivity index (χ0n) is 11.4. The number of hydrogen-bond acceptors (Lipinski definition) is 3. The fourth-order valence-corrected chi connectivity index (χ4v) is 4.01. The highest BCUT2D eigenvalue weighted by Crippen LogP contribution is 2.35. The van der Waals surface area contributed by atoms with Crippen LogP contribution in [-0.4, -0.2) is 6.04 Å². The molecule has 2 rings (SSSR count). The molecule has 2 nitrogen and oxygen atoms in total. The number of nitrogens with two attached hydrogens (primary N) is 1. The van der Waals surface area contributed by atoms with E-state index in [-0.39, 0.29) is 12.1 Å². The number of halogens is 2.